The van der Waals surface area contributed by atoms with Gasteiger partial charge in [-0.05, 0) is 82.5 Å². The fourth-order valence-corrected chi connectivity index (χ4v) is 6.77. The van der Waals surface area contributed by atoms with Crippen molar-refractivity contribution < 1.29 is 9.90 Å². The zero-order valence-electron chi connectivity index (χ0n) is 21.5. The molecule has 0 radical (unpaired) electrons. The van der Waals surface area contributed by atoms with Crippen molar-refractivity contribution >= 4 is 52.5 Å². The Morgan fingerprint density at radius 2 is 1.89 bits per heavy atom. The quantitative estimate of drug-likeness (QED) is 0.406. The number of aryl methyl sites for hydroxylation is 1. The van der Waals surface area contributed by atoms with Crippen LogP contribution in [0.3, 0.4) is 0 Å². The van der Waals surface area contributed by atoms with Gasteiger partial charge in [0, 0.05) is 35.7 Å². The summed E-state index contributed by atoms with van der Waals surface area (Å²) in [5.74, 6) is 1.85. The number of halogens is 3. The summed E-state index contributed by atoms with van der Waals surface area (Å²) in [6, 6.07) is 5.76. The number of hydrogen-bond donors (Lipinski definition) is 2. The lowest BCUT2D eigenvalue weighted by atomic mass is 9.65. The number of hydrogen-bond acceptors (Lipinski definition) is 6. The minimum Gasteiger partial charge on any atom is -0.481 e. The molecular weight excluding hydrogens is 533 g/mol. The molecule has 2 aliphatic heterocycles. The van der Waals surface area contributed by atoms with Gasteiger partial charge in [-0.3, -0.25) is 4.79 Å². The lowest BCUT2D eigenvalue weighted by molar-refractivity contribution is -0.158. The second kappa shape index (κ2) is 10.4. The Bertz CT molecular complexity index is 1180. The van der Waals surface area contributed by atoms with E-state index in [1.54, 1.807) is 6.07 Å². The Labute approximate surface area is 233 Å². The third-order valence-electron chi connectivity index (χ3n) is 8.54. The molecule has 0 spiro atoms. The maximum atomic E-state index is 11.5. The third-order valence-corrected chi connectivity index (χ3v) is 9.56. The molecule has 200 valence electrons. The highest BCUT2D eigenvalue weighted by molar-refractivity contribution is 6.35. The summed E-state index contributed by atoms with van der Waals surface area (Å²) in [4.78, 5) is 25.7. The molecule has 10 heteroatoms. The van der Waals surface area contributed by atoms with Crippen LogP contribution in [0.5, 0.6) is 0 Å². The van der Waals surface area contributed by atoms with E-state index in [-0.39, 0.29) is 6.04 Å². The van der Waals surface area contributed by atoms with E-state index < -0.39 is 11.4 Å². The number of aliphatic carboxylic acids is 1. The summed E-state index contributed by atoms with van der Waals surface area (Å²) in [6.45, 7) is 9.78. The first-order chi connectivity index (χ1) is 17.5. The number of carboxylic acid groups (broad SMARTS) is 1. The van der Waals surface area contributed by atoms with Crippen LogP contribution in [0.1, 0.15) is 56.8 Å². The largest absolute Gasteiger partial charge is 0.481 e. The minimum atomic E-state index is -0.662. The van der Waals surface area contributed by atoms with Crippen LogP contribution in [0.2, 0.25) is 15.1 Å². The number of nitrogens with one attached hydrogen (secondary N) is 1. The summed E-state index contributed by atoms with van der Waals surface area (Å²) in [6.07, 6.45) is 3.93. The summed E-state index contributed by atoms with van der Waals surface area (Å²) in [7, 11) is 0. The number of nitrogens with zero attached hydrogens (tertiary/aromatic N) is 4. The lowest BCUT2D eigenvalue weighted by Gasteiger charge is -2.52. The van der Waals surface area contributed by atoms with Gasteiger partial charge in [0.2, 0.25) is 5.95 Å². The van der Waals surface area contributed by atoms with E-state index in [1.807, 2.05) is 32.9 Å². The van der Waals surface area contributed by atoms with E-state index in [0.717, 1.165) is 50.3 Å². The van der Waals surface area contributed by atoms with Crippen LogP contribution < -0.4 is 10.2 Å². The Balaban J connectivity index is 1.20. The molecule has 2 N–H and O–H groups in total. The highest BCUT2D eigenvalue weighted by Gasteiger charge is 2.49. The first kappa shape index (κ1) is 26.8. The molecule has 0 bridgehead atoms. The third kappa shape index (κ3) is 5.38. The predicted octanol–water partition coefficient (Wildman–Crippen LogP) is 6.32. The molecule has 0 amide bonds. The van der Waals surface area contributed by atoms with Gasteiger partial charge in [0.25, 0.3) is 0 Å². The SMILES string of the molecule is Cc1nc(N2CC([C@H]3CCCN(C4CC(C)(C(=O)O)C4)C3)C2)nc(NC(C)c2ccc(Cl)cc2Cl)c1Cl. The molecule has 2 saturated heterocycles. The van der Waals surface area contributed by atoms with Gasteiger partial charge in [0.1, 0.15) is 5.02 Å². The smallest absolute Gasteiger partial charge is 0.309 e. The zero-order chi connectivity index (χ0) is 26.5. The first-order valence-corrected chi connectivity index (χ1v) is 14.2. The second-order valence-electron chi connectivity index (χ2n) is 11.3. The molecule has 1 saturated carbocycles. The average molecular weight is 567 g/mol. The summed E-state index contributed by atoms with van der Waals surface area (Å²) in [5.41, 5.74) is 1.11. The Kier molecular flexibility index (Phi) is 7.53. The molecule has 2 aromatic rings. The van der Waals surface area contributed by atoms with Crippen LogP contribution in [0, 0.1) is 24.2 Å². The zero-order valence-corrected chi connectivity index (χ0v) is 23.7. The normalized spacial score (nSPS) is 27.4. The van der Waals surface area contributed by atoms with Crippen molar-refractivity contribution in [2.75, 3.05) is 36.4 Å². The number of carbonyl (C=O) groups is 1. The molecule has 37 heavy (non-hydrogen) atoms. The number of carboxylic acids is 1. The average Bonchev–Trinajstić information content (AvgIpc) is 2.79. The van der Waals surface area contributed by atoms with E-state index in [2.05, 4.69) is 20.1 Å². The van der Waals surface area contributed by atoms with E-state index in [0.29, 0.717) is 44.7 Å². The van der Waals surface area contributed by atoms with Crippen LogP contribution in [0.4, 0.5) is 11.8 Å². The van der Waals surface area contributed by atoms with Crippen LogP contribution in [-0.4, -0.2) is 58.2 Å². The molecule has 7 nitrogen and oxygen atoms in total. The van der Waals surface area contributed by atoms with Crippen molar-refractivity contribution in [1.29, 1.82) is 0 Å². The highest BCUT2D eigenvalue weighted by atomic mass is 35.5. The maximum Gasteiger partial charge on any atom is 0.309 e. The summed E-state index contributed by atoms with van der Waals surface area (Å²) in [5, 5.41) is 14.6. The molecule has 1 aromatic heterocycles. The Morgan fingerprint density at radius 3 is 2.57 bits per heavy atom. The van der Waals surface area contributed by atoms with Crippen molar-refractivity contribution in [3.63, 3.8) is 0 Å². The molecular formula is C27H34Cl3N5O2. The molecule has 2 atom stereocenters. The monoisotopic (exact) mass is 565 g/mol. The molecule has 3 fully saturated rings. The number of rotatable bonds is 7. The van der Waals surface area contributed by atoms with Crippen molar-refractivity contribution in [2.45, 2.75) is 58.5 Å². The number of benzene rings is 1. The molecule has 5 rings (SSSR count). The fraction of sp³-hybridized carbons (Fsp3) is 0.593. The van der Waals surface area contributed by atoms with Gasteiger partial charge in [0.05, 0.1) is 17.2 Å². The van der Waals surface area contributed by atoms with Gasteiger partial charge in [-0.15, -0.1) is 0 Å². The standard InChI is InChI=1S/C27H34Cl3N5O2/c1-15(21-7-6-19(28)9-22(21)29)31-24-23(30)16(2)32-26(33-24)35-13-18(14-35)17-5-4-8-34(12-17)20-10-27(3,11-20)25(36)37/h6-7,9,15,17-18,20H,4-5,8,10-14H2,1-3H3,(H,36,37)(H,31,32,33)/t15?,17-,20?,27?/m0/s1. The molecule has 3 aliphatic rings. The van der Waals surface area contributed by atoms with Gasteiger partial charge in [-0.2, -0.15) is 4.98 Å². The van der Waals surface area contributed by atoms with Gasteiger partial charge < -0.3 is 20.2 Å². The van der Waals surface area contributed by atoms with Gasteiger partial charge in [-0.1, -0.05) is 40.9 Å². The molecule has 1 aromatic carbocycles. The Morgan fingerprint density at radius 1 is 1.16 bits per heavy atom. The predicted molar refractivity (Wildman–Crippen MR) is 149 cm³/mol. The van der Waals surface area contributed by atoms with Crippen molar-refractivity contribution in [3.8, 4) is 0 Å². The lowest BCUT2D eigenvalue weighted by Crippen LogP contribution is -2.58. The maximum absolute atomic E-state index is 11.5. The minimum absolute atomic E-state index is 0.115. The molecule has 1 unspecified atom stereocenters. The van der Waals surface area contributed by atoms with Gasteiger partial charge >= 0.3 is 5.97 Å². The van der Waals surface area contributed by atoms with Gasteiger partial charge in [0.15, 0.2) is 5.82 Å². The van der Waals surface area contributed by atoms with Crippen LogP contribution >= 0.6 is 34.8 Å². The van der Waals surface area contributed by atoms with Crippen molar-refractivity contribution in [1.82, 2.24) is 14.9 Å². The van der Waals surface area contributed by atoms with Crippen molar-refractivity contribution in [3.05, 3.63) is 44.5 Å². The highest BCUT2D eigenvalue weighted by Crippen LogP contribution is 2.45. The fourth-order valence-electron chi connectivity index (χ4n) is 6.06. The number of likely N-dealkylation sites (tertiary alicyclic amines) is 1. The van der Waals surface area contributed by atoms with E-state index >= 15 is 0 Å². The van der Waals surface area contributed by atoms with E-state index in [9.17, 15) is 9.90 Å². The molecule has 3 heterocycles. The van der Waals surface area contributed by atoms with Crippen molar-refractivity contribution in [2.24, 2.45) is 17.3 Å². The van der Waals surface area contributed by atoms with E-state index in [4.69, 9.17) is 39.8 Å². The number of aromatic nitrogens is 2. The summed E-state index contributed by atoms with van der Waals surface area (Å²) < 4.78 is 0. The second-order valence-corrected chi connectivity index (χ2v) is 12.5. The number of piperidine rings is 1. The van der Waals surface area contributed by atoms with Crippen LogP contribution in [0.15, 0.2) is 18.2 Å². The van der Waals surface area contributed by atoms with Crippen LogP contribution in [-0.2, 0) is 4.79 Å². The first-order valence-electron chi connectivity index (χ1n) is 13.0. The van der Waals surface area contributed by atoms with E-state index in [1.165, 1.54) is 12.8 Å². The van der Waals surface area contributed by atoms with Gasteiger partial charge in [-0.25, -0.2) is 4.98 Å². The van der Waals surface area contributed by atoms with Crippen LogP contribution in [0.25, 0.3) is 0 Å². The summed E-state index contributed by atoms with van der Waals surface area (Å²) >= 11 is 19.0. The Hall–Kier alpha value is -1.80. The topological polar surface area (TPSA) is 81.6 Å². The molecule has 1 aliphatic carbocycles. The number of anilines is 2.